The Morgan fingerprint density at radius 1 is 0.857 bits per heavy atom. The Hall–Kier alpha value is -6.36. The molecule has 412 valence electrons. The van der Waals surface area contributed by atoms with Crippen LogP contribution in [0.4, 0.5) is 4.79 Å². The number of amides is 3. The molecule has 1 aliphatic heterocycles. The molecule has 3 amide bonds. The molecule has 2 fully saturated rings. The zero-order valence-corrected chi connectivity index (χ0v) is 46.9. The van der Waals surface area contributed by atoms with Crippen LogP contribution in [0.2, 0.25) is 5.02 Å². The van der Waals surface area contributed by atoms with E-state index in [0.29, 0.717) is 98.2 Å². The van der Waals surface area contributed by atoms with E-state index in [1.165, 1.54) is 23.3 Å². The number of likely N-dealkylation sites (tertiary alicyclic amines) is 1. The van der Waals surface area contributed by atoms with Gasteiger partial charge >= 0.3 is 6.09 Å². The Kier molecular flexibility index (Phi) is 21.1. The largest absolute Gasteiger partial charge is 0.491 e. The summed E-state index contributed by atoms with van der Waals surface area (Å²) in [6.07, 6.45) is 6.23. The maximum atomic E-state index is 14.5. The number of likely N-dealkylation sites (N-methyl/N-ethyl adjacent to an activating group) is 1. The number of rotatable bonds is 25. The van der Waals surface area contributed by atoms with E-state index in [2.05, 4.69) is 11.4 Å². The summed E-state index contributed by atoms with van der Waals surface area (Å²) in [6.45, 7) is 14.5. The van der Waals surface area contributed by atoms with Crippen LogP contribution in [0.5, 0.6) is 11.5 Å². The second-order valence-electron chi connectivity index (χ2n) is 20.5. The van der Waals surface area contributed by atoms with Crippen molar-refractivity contribution in [2.45, 2.75) is 117 Å². The van der Waals surface area contributed by atoms with Crippen LogP contribution in [0.1, 0.15) is 128 Å². The van der Waals surface area contributed by atoms with E-state index < -0.39 is 29.7 Å². The van der Waals surface area contributed by atoms with Crippen LogP contribution >= 0.6 is 22.9 Å². The Morgan fingerprint density at radius 3 is 2.17 bits per heavy atom. The number of nitriles is 1. The van der Waals surface area contributed by atoms with Gasteiger partial charge in [-0.1, -0.05) is 55.1 Å². The molecule has 3 aromatic carbocycles. The number of aromatic nitrogens is 3. The minimum Gasteiger partial charge on any atom is -0.491 e. The maximum absolute atomic E-state index is 14.5. The van der Waals surface area contributed by atoms with Gasteiger partial charge in [-0.05, 0) is 121 Å². The molecule has 2 aromatic heterocycles. The summed E-state index contributed by atoms with van der Waals surface area (Å²) in [4.78, 5) is 62.5. The van der Waals surface area contributed by atoms with Crippen molar-refractivity contribution < 1.29 is 47.6 Å². The Bertz CT molecular complexity index is 2840. The number of ether oxygens (including phenoxy) is 6. The molecule has 1 saturated carbocycles. The lowest BCUT2D eigenvalue weighted by Gasteiger charge is -2.36. The third-order valence-corrected chi connectivity index (χ3v) is 15.1. The van der Waals surface area contributed by atoms with E-state index in [9.17, 15) is 24.4 Å². The van der Waals surface area contributed by atoms with Crippen LogP contribution < -0.4 is 14.8 Å². The van der Waals surface area contributed by atoms with Gasteiger partial charge in [-0.2, -0.15) is 10.4 Å². The SMILES string of the molecule is Cc1nn(-c2ccc(C#N)c(Cl)c2)c(C)c1Cc1ccc(OCCOCCOCCOCCOc2cccc(C(=O)c3csc([C@@H]4CCCN4C(=O)[C@@H](NC(=O)[C@H](C)N(C)C(=O)OC(C)(C)C)C4CCCCC4)n3)c2)cc1. The number of halogens is 1. The lowest BCUT2D eigenvalue weighted by molar-refractivity contribution is -0.140. The standard InChI is InChI=1S/C58H72ClN7O10S/c1-38-48(39(2)66(63-38)45-21-20-44(36-60)49(59)35-45)33-41-18-22-46(23-19-41)74-31-29-72-27-25-71-26-28-73-30-32-75-47-16-11-15-43(34-47)53(67)50-37-77-55(61-50)51-17-12-24-65(51)56(69)52(42-13-9-8-10-14-42)62-54(68)40(3)64(7)57(70)76-58(4,5)6/h11,15-16,18-23,34-35,37,40,42,51-52H,8-10,12-14,17,24-33H2,1-7H3,(H,62,68)/t40-,51-,52-/m0/s1. The third-order valence-electron chi connectivity index (χ3n) is 13.8. The molecule has 77 heavy (non-hydrogen) atoms. The molecule has 2 aliphatic rings. The number of nitrogens with one attached hydrogen (secondary N) is 1. The average molecular weight is 1090 g/mol. The number of carbonyl (C=O) groups is 4. The fraction of sp³-hybridized carbons (Fsp3) is 0.500. The summed E-state index contributed by atoms with van der Waals surface area (Å²) >= 11 is 7.64. The predicted octanol–water partition coefficient (Wildman–Crippen LogP) is 9.78. The van der Waals surface area contributed by atoms with Gasteiger partial charge in [0.15, 0.2) is 0 Å². The summed E-state index contributed by atoms with van der Waals surface area (Å²) in [5.41, 5.74) is 5.43. The van der Waals surface area contributed by atoms with Gasteiger partial charge in [0.2, 0.25) is 17.6 Å². The van der Waals surface area contributed by atoms with Crippen LogP contribution in [-0.2, 0) is 35.0 Å². The van der Waals surface area contributed by atoms with Crippen molar-refractivity contribution in [1.29, 1.82) is 5.26 Å². The lowest BCUT2D eigenvalue weighted by Crippen LogP contribution is -2.56. The Balaban J connectivity index is 0.774. The Labute approximate surface area is 461 Å². The van der Waals surface area contributed by atoms with E-state index in [1.54, 1.807) is 69.5 Å². The quantitative estimate of drug-likeness (QED) is 0.0429. The molecule has 5 aromatic rings. The van der Waals surface area contributed by atoms with Crippen molar-refractivity contribution in [1.82, 2.24) is 29.9 Å². The van der Waals surface area contributed by atoms with Crippen LogP contribution in [0, 0.1) is 31.1 Å². The van der Waals surface area contributed by atoms with Gasteiger partial charge in [0.25, 0.3) is 0 Å². The molecule has 3 atom stereocenters. The number of benzene rings is 3. The second-order valence-corrected chi connectivity index (χ2v) is 21.8. The summed E-state index contributed by atoms with van der Waals surface area (Å²) in [6, 6.07) is 20.4. The van der Waals surface area contributed by atoms with Gasteiger partial charge in [-0.25, -0.2) is 14.5 Å². The molecule has 1 N–H and O–H groups in total. The molecule has 7 rings (SSSR count). The van der Waals surface area contributed by atoms with Crippen molar-refractivity contribution in [2.75, 3.05) is 66.4 Å². The van der Waals surface area contributed by atoms with Gasteiger partial charge in [0.05, 0.1) is 67.7 Å². The van der Waals surface area contributed by atoms with Gasteiger partial charge < -0.3 is 38.6 Å². The zero-order valence-electron chi connectivity index (χ0n) is 45.3. The van der Waals surface area contributed by atoms with Gasteiger partial charge in [0.1, 0.15) is 59.2 Å². The smallest absolute Gasteiger partial charge is 0.410 e. The highest BCUT2D eigenvalue weighted by atomic mass is 35.5. The van der Waals surface area contributed by atoms with Gasteiger partial charge in [0, 0.05) is 42.2 Å². The first-order valence-electron chi connectivity index (χ1n) is 26.5. The van der Waals surface area contributed by atoms with E-state index in [1.807, 2.05) is 53.8 Å². The van der Waals surface area contributed by atoms with Crippen LogP contribution in [0.25, 0.3) is 5.69 Å². The number of ketones is 1. The average Bonchev–Trinajstić information content (AvgIpc) is 4.19. The topological polar surface area (TPSA) is 197 Å². The van der Waals surface area contributed by atoms with E-state index >= 15 is 0 Å². The molecule has 3 heterocycles. The summed E-state index contributed by atoms with van der Waals surface area (Å²) in [7, 11) is 1.52. The van der Waals surface area contributed by atoms with E-state index in [-0.39, 0.29) is 30.3 Å². The zero-order chi connectivity index (χ0) is 55.1. The van der Waals surface area contributed by atoms with Crippen molar-refractivity contribution in [3.63, 3.8) is 0 Å². The Morgan fingerprint density at radius 2 is 1.52 bits per heavy atom. The first-order valence-corrected chi connectivity index (χ1v) is 27.8. The molecule has 0 spiro atoms. The molecule has 17 nitrogen and oxygen atoms in total. The monoisotopic (exact) mass is 1090 g/mol. The molecule has 0 bridgehead atoms. The van der Waals surface area contributed by atoms with Crippen molar-refractivity contribution >= 4 is 46.6 Å². The van der Waals surface area contributed by atoms with Crippen LogP contribution in [-0.4, -0.2) is 132 Å². The number of hydrogen-bond acceptors (Lipinski definition) is 14. The van der Waals surface area contributed by atoms with Gasteiger partial charge in [-0.3, -0.25) is 19.3 Å². The molecular formula is C58H72ClN7O10S. The molecular weight excluding hydrogens is 1020 g/mol. The van der Waals surface area contributed by atoms with E-state index in [4.69, 9.17) is 50.1 Å². The minimum absolute atomic E-state index is 0.0339. The molecule has 19 heteroatoms. The van der Waals surface area contributed by atoms with Crippen molar-refractivity contribution in [2.24, 2.45) is 5.92 Å². The highest BCUT2D eigenvalue weighted by Crippen LogP contribution is 2.37. The lowest BCUT2D eigenvalue weighted by atomic mass is 9.83. The number of aryl methyl sites for hydroxylation is 1. The van der Waals surface area contributed by atoms with Crippen LogP contribution in [0.15, 0.2) is 72.1 Å². The highest BCUT2D eigenvalue weighted by molar-refractivity contribution is 7.10. The fourth-order valence-corrected chi connectivity index (χ4v) is 10.6. The molecule has 0 unspecified atom stereocenters. The predicted molar refractivity (Wildman–Crippen MR) is 293 cm³/mol. The second kappa shape index (κ2) is 27.8. The highest BCUT2D eigenvalue weighted by Gasteiger charge is 2.41. The van der Waals surface area contributed by atoms with Crippen molar-refractivity contribution in [3.8, 4) is 23.3 Å². The first kappa shape index (κ1) is 58.3. The normalized spacial score (nSPS) is 15.6. The summed E-state index contributed by atoms with van der Waals surface area (Å²) < 4.78 is 36.2. The van der Waals surface area contributed by atoms with E-state index in [0.717, 1.165) is 72.5 Å². The van der Waals surface area contributed by atoms with Gasteiger partial charge in [-0.15, -0.1) is 11.3 Å². The molecule has 0 radical (unpaired) electrons. The first-order chi connectivity index (χ1) is 37.0. The summed E-state index contributed by atoms with van der Waals surface area (Å²) in [5.74, 6) is 0.417. The van der Waals surface area contributed by atoms with Crippen LogP contribution in [0.3, 0.4) is 0 Å². The minimum atomic E-state index is -0.861. The fourth-order valence-electron chi connectivity index (χ4n) is 9.47. The molecule has 1 aliphatic carbocycles. The van der Waals surface area contributed by atoms with Crippen molar-refractivity contribution in [3.05, 3.63) is 121 Å². The summed E-state index contributed by atoms with van der Waals surface area (Å²) in [5, 5.41) is 19.8. The molecule has 1 saturated heterocycles. The number of nitrogens with zero attached hydrogens (tertiary/aromatic N) is 6. The number of hydrogen-bond donors (Lipinski definition) is 1. The number of carbonyl (C=O) groups excluding carboxylic acids is 4. The maximum Gasteiger partial charge on any atom is 0.410 e. The number of thiazole rings is 1. The third kappa shape index (κ3) is 16.1.